The zero-order chi connectivity index (χ0) is 10.8. The van der Waals surface area contributed by atoms with Crippen LogP contribution in [0.2, 0.25) is 0 Å². The first kappa shape index (κ1) is 12.3. The Morgan fingerprint density at radius 2 is 1.86 bits per heavy atom. The second kappa shape index (κ2) is 4.41. The Hall–Kier alpha value is 0.260. The quantitative estimate of drug-likeness (QED) is 0.765. The molecular formula is C9H18O3S2. The largest absolute Gasteiger partial charge is 0.286 e. The third kappa shape index (κ3) is 3.79. The minimum Gasteiger partial charge on any atom is -0.286 e. The third-order valence-electron chi connectivity index (χ3n) is 2.88. The van der Waals surface area contributed by atoms with E-state index in [4.69, 9.17) is 4.55 Å². The van der Waals surface area contributed by atoms with Gasteiger partial charge in [-0.2, -0.15) is 20.2 Å². The maximum absolute atomic E-state index is 10.8. The molecule has 0 spiro atoms. The van der Waals surface area contributed by atoms with Crippen LogP contribution in [0.5, 0.6) is 0 Å². The molecule has 0 aromatic carbocycles. The highest BCUT2D eigenvalue weighted by atomic mass is 32.2. The van der Waals surface area contributed by atoms with Crippen molar-refractivity contribution in [3.05, 3.63) is 0 Å². The number of hydrogen-bond donors (Lipinski definition) is 1. The Morgan fingerprint density at radius 1 is 1.36 bits per heavy atom. The summed E-state index contributed by atoms with van der Waals surface area (Å²) in [5.74, 6) is 2.53. The van der Waals surface area contributed by atoms with Crippen molar-refractivity contribution in [2.45, 2.75) is 26.7 Å². The number of hydrogen-bond acceptors (Lipinski definition) is 3. The zero-order valence-electron chi connectivity index (χ0n) is 8.69. The molecule has 0 unspecified atom stereocenters. The summed E-state index contributed by atoms with van der Waals surface area (Å²) >= 11 is 1.92. The van der Waals surface area contributed by atoms with E-state index in [0.717, 1.165) is 24.3 Å². The molecule has 1 heterocycles. The molecule has 0 radical (unpaired) electrons. The van der Waals surface area contributed by atoms with E-state index in [0.29, 0.717) is 5.92 Å². The van der Waals surface area contributed by atoms with Gasteiger partial charge >= 0.3 is 0 Å². The van der Waals surface area contributed by atoms with Crippen LogP contribution < -0.4 is 0 Å². The number of thioether (sulfide) groups is 1. The van der Waals surface area contributed by atoms with Crippen LogP contribution in [0.1, 0.15) is 26.7 Å². The molecule has 0 aliphatic carbocycles. The normalized spacial score (nSPS) is 21.1. The lowest BCUT2D eigenvalue weighted by Gasteiger charge is -2.35. The van der Waals surface area contributed by atoms with Gasteiger partial charge in [-0.05, 0) is 35.7 Å². The van der Waals surface area contributed by atoms with Gasteiger partial charge in [0.2, 0.25) is 0 Å². The Kier molecular flexibility index (Phi) is 3.88. The van der Waals surface area contributed by atoms with Gasteiger partial charge in [0, 0.05) is 0 Å². The lowest BCUT2D eigenvalue weighted by molar-refractivity contribution is 0.224. The van der Waals surface area contributed by atoms with E-state index in [9.17, 15) is 8.42 Å². The van der Waals surface area contributed by atoms with Gasteiger partial charge in [0.05, 0.1) is 5.75 Å². The minimum absolute atomic E-state index is 0.116. The summed E-state index contributed by atoms with van der Waals surface area (Å²) in [5, 5.41) is 0. The van der Waals surface area contributed by atoms with Crippen molar-refractivity contribution in [1.82, 2.24) is 0 Å². The maximum Gasteiger partial charge on any atom is 0.265 e. The van der Waals surface area contributed by atoms with Crippen molar-refractivity contribution in [3.63, 3.8) is 0 Å². The molecule has 14 heavy (non-hydrogen) atoms. The molecule has 1 aliphatic rings. The van der Waals surface area contributed by atoms with Gasteiger partial charge < -0.3 is 0 Å². The summed E-state index contributed by atoms with van der Waals surface area (Å²) in [7, 11) is -3.84. The summed E-state index contributed by atoms with van der Waals surface area (Å²) in [6.07, 6.45) is 2.13. The second-order valence-electron chi connectivity index (χ2n) is 4.60. The van der Waals surface area contributed by atoms with E-state index in [1.54, 1.807) is 0 Å². The molecule has 1 rings (SSSR count). The van der Waals surface area contributed by atoms with Crippen LogP contribution >= 0.6 is 11.8 Å². The van der Waals surface area contributed by atoms with Crippen molar-refractivity contribution in [1.29, 1.82) is 0 Å². The molecule has 3 nitrogen and oxygen atoms in total. The Labute approximate surface area is 90.4 Å². The van der Waals surface area contributed by atoms with Crippen LogP contribution in [0, 0.1) is 11.3 Å². The third-order valence-corrected chi connectivity index (χ3v) is 5.04. The van der Waals surface area contributed by atoms with Crippen molar-refractivity contribution in [2.24, 2.45) is 11.3 Å². The van der Waals surface area contributed by atoms with Gasteiger partial charge in [0.1, 0.15) is 0 Å². The zero-order valence-corrected chi connectivity index (χ0v) is 10.3. The highest BCUT2D eigenvalue weighted by Gasteiger charge is 2.34. The topological polar surface area (TPSA) is 54.4 Å². The molecule has 0 amide bonds. The SMILES string of the molecule is CC(C)(CS(=O)(=O)O)C1CCSCC1. The standard InChI is InChI=1S/C9H18O3S2/c1-9(2,7-14(10,11)12)8-3-5-13-6-4-8/h8H,3-7H2,1-2H3,(H,10,11,12). The van der Waals surface area contributed by atoms with Crippen molar-refractivity contribution in [3.8, 4) is 0 Å². The van der Waals surface area contributed by atoms with Crippen molar-refractivity contribution < 1.29 is 13.0 Å². The first-order valence-corrected chi connectivity index (χ1v) is 7.60. The van der Waals surface area contributed by atoms with Gasteiger partial charge in [0.25, 0.3) is 10.1 Å². The summed E-state index contributed by atoms with van der Waals surface area (Å²) in [4.78, 5) is 0. The molecule has 0 bridgehead atoms. The van der Waals surface area contributed by atoms with Crippen LogP contribution in [0.4, 0.5) is 0 Å². The molecule has 0 aromatic heterocycles. The molecule has 0 atom stereocenters. The molecular weight excluding hydrogens is 220 g/mol. The average Bonchev–Trinajstić information content (AvgIpc) is 2.01. The molecule has 84 valence electrons. The Balaban J connectivity index is 2.63. The summed E-state index contributed by atoms with van der Waals surface area (Å²) in [6, 6.07) is 0. The van der Waals surface area contributed by atoms with E-state index >= 15 is 0 Å². The lowest BCUT2D eigenvalue weighted by atomic mass is 9.77. The van der Waals surface area contributed by atoms with E-state index in [-0.39, 0.29) is 11.2 Å². The van der Waals surface area contributed by atoms with Crippen molar-refractivity contribution in [2.75, 3.05) is 17.3 Å². The van der Waals surface area contributed by atoms with E-state index in [1.165, 1.54) is 0 Å². The van der Waals surface area contributed by atoms with Crippen molar-refractivity contribution >= 4 is 21.9 Å². The minimum atomic E-state index is -3.84. The van der Waals surface area contributed by atoms with E-state index in [2.05, 4.69) is 0 Å². The molecule has 1 N–H and O–H groups in total. The molecule has 1 saturated heterocycles. The van der Waals surface area contributed by atoms with Crippen LogP contribution in [-0.2, 0) is 10.1 Å². The maximum atomic E-state index is 10.8. The van der Waals surface area contributed by atoms with Crippen LogP contribution in [0.3, 0.4) is 0 Å². The Morgan fingerprint density at radius 3 is 2.29 bits per heavy atom. The van der Waals surface area contributed by atoms with Crippen LogP contribution in [-0.4, -0.2) is 30.2 Å². The fourth-order valence-corrected chi connectivity index (χ4v) is 4.35. The summed E-state index contributed by atoms with van der Waals surface area (Å²) in [6.45, 7) is 3.86. The first-order valence-electron chi connectivity index (χ1n) is 4.84. The molecule has 0 saturated carbocycles. The smallest absolute Gasteiger partial charge is 0.265 e. The summed E-state index contributed by atoms with van der Waals surface area (Å²) < 4.78 is 30.5. The van der Waals surface area contributed by atoms with E-state index < -0.39 is 10.1 Å². The lowest BCUT2D eigenvalue weighted by Crippen LogP contribution is -2.34. The first-order chi connectivity index (χ1) is 6.31. The predicted octanol–water partition coefficient (Wildman–Crippen LogP) is 2.04. The molecule has 5 heteroatoms. The molecule has 1 fully saturated rings. The second-order valence-corrected chi connectivity index (χ2v) is 7.28. The molecule has 1 aliphatic heterocycles. The highest BCUT2D eigenvalue weighted by Crippen LogP contribution is 2.37. The van der Waals surface area contributed by atoms with Gasteiger partial charge in [-0.3, -0.25) is 4.55 Å². The highest BCUT2D eigenvalue weighted by molar-refractivity contribution is 7.99. The fourth-order valence-electron chi connectivity index (χ4n) is 2.07. The fraction of sp³-hybridized carbons (Fsp3) is 1.00. The van der Waals surface area contributed by atoms with E-state index in [1.807, 2.05) is 25.6 Å². The number of rotatable bonds is 3. The monoisotopic (exact) mass is 238 g/mol. The van der Waals surface area contributed by atoms with Gasteiger partial charge in [0.15, 0.2) is 0 Å². The molecule has 0 aromatic rings. The Bertz CT molecular complexity index is 276. The van der Waals surface area contributed by atoms with Crippen LogP contribution in [0.25, 0.3) is 0 Å². The summed E-state index contributed by atoms with van der Waals surface area (Å²) in [5.41, 5.74) is -0.297. The van der Waals surface area contributed by atoms with Gasteiger partial charge in [-0.15, -0.1) is 0 Å². The van der Waals surface area contributed by atoms with Gasteiger partial charge in [-0.1, -0.05) is 13.8 Å². The van der Waals surface area contributed by atoms with Gasteiger partial charge in [-0.25, -0.2) is 0 Å². The predicted molar refractivity (Wildman–Crippen MR) is 60.2 cm³/mol. The van der Waals surface area contributed by atoms with Crippen LogP contribution in [0.15, 0.2) is 0 Å². The average molecular weight is 238 g/mol.